The summed E-state index contributed by atoms with van der Waals surface area (Å²) in [4.78, 5) is 13.3. The van der Waals surface area contributed by atoms with Crippen molar-refractivity contribution in [1.82, 2.24) is 19.5 Å². The molecule has 0 amide bonds. The molecule has 3 aromatic rings. The van der Waals surface area contributed by atoms with Crippen molar-refractivity contribution < 1.29 is 14.2 Å². The summed E-state index contributed by atoms with van der Waals surface area (Å²) >= 11 is 0. The van der Waals surface area contributed by atoms with Crippen molar-refractivity contribution in [1.29, 1.82) is 0 Å². The van der Waals surface area contributed by atoms with Gasteiger partial charge in [0.15, 0.2) is 0 Å². The number of nitrogen functional groups attached to an aromatic ring is 1. The minimum atomic E-state index is -1.18. The second kappa shape index (κ2) is 8.23. The van der Waals surface area contributed by atoms with Crippen LogP contribution in [0.3, 0.4) is 0 Å². The molecule has 4 rings (SSSR count). The second-order valence-electron chi connectivity index (χ2n) is 8.83. The molecule has 0 spiro atoms. The van der Waals surface area contributed by atoms with Gasteiger partial charge in [0, 0.05) is 20.1 Å². The zero-order chi connectivity index (χ0) is 21.3. The molecule has 1 aliphatic rings. The molecule has 0 aromatic carbocycles. The van der Waals surface area contributed by atoms with Gasteiger partial charge in [-0.1, -0.05) is 19.6 Å². The Balaban J connectivity index is 1.77. The maximum atomic E-state index is 6.07. The molecular formula is C21H29N5O3Si. The summed E-state index contributed by atoms with van der Waals surface area (Å²) in [5.74, 6) is 1.43. The molecule has 1 saturated carbocycles. The summed E-state index contributed by atoms with van der Waals surface area (Å²) in [6.45, 7) is 8.06. The molecule has 160 valence electrons. The molecular weight excluding hydrogens is 398 g/mol. The van der Waals surface area contributed by atoms with Crippen LogP contribution in [0.1, 0.15) is 12.8 Å². The Kier molecular flexibility index (Phi) is 5.66. The van der Waals surface area contributed by atoms with E-state index in [1.165, 1.54) is 6.33 Å². The van der Waals surface area contributed by atoms with Crippen LogP contribution in [0.15, 0.2) is 24.5 Å². The van der Waals surface area contributed by atoms with E-state index in [2.05, 4.69) is 34.6 Å². The monoisotopic (exact) mass is 427 g/mol. The first-order valence-corrected chi connectivity index (χ1v) is 14.0. The van der Waals surface area contributed by atoms with Gasteiger partial charge in [-0.05, 0) is 37.1 Å². The summed E-state index contributed by atoms with van der Waals surface area (Å²) in [5.41, 5.74) is 8.27. The molecule has 1 fully saturated rings. The van der Waals surface area contributed by atoms with Gasteiger partial charge in [0.1, 0.15) is 36.2 Å². The number of rotatable bonds is 9. The number of hydrogen-bond acceptors (Lipinski definition) is 7. The van der Waals surface area contributed by atoms with Crippen LogP contribution in [0.4, 0.5) is 5.82 Å². The number of pyridine rings is 1. The number of hydrogen-bond donors (Lipinski definition) is 1. The van der Waals surface area contributed by atoms with Crippen LogP contribution < -0.4 is 15.2 Å². The SMILES string of the molecule is COc1ncnc(OC2CC2)c1-c1cc2ccc(N)nc2n1COCC[Si](C)(C)C. The van der Waals surface area contributed by atoms with Crippen LogP contribution in [0, 0.1) is 0 Å². The topological polar surface area (TPSA) is 97.3 Å². The number of anilines is 1. The van der Waals surface area contributed by atoms with Gasteiger partial charge in [0.2, 0.25) is 11.8 Å². The number of fused-ring (bicyclic) bond motifs is 1. The lowest BCUT2D eigenvalue weighted by Gasteiger charge is -2.18. The summed E-state index contributed by atoms with van der Waals surface area (Å²) in [6.07, 6.45) is 3.73. The van der Waals surface area contributed by atoms with Crippen molar-refractivity contribution >= 4 is 24.9 Å². The highest BCUT2D eigenvalue weighted by Gasteiger charge is 2.29. The first-order chi connectivity index (χ1) is 14.4. The molecule has 1 aliphatic carbocycles. The number of nitrogens with zero attached hydrogens (tertiary/aromatic N) is 4. The third-order valence-electron chi connectivity index (χ3n) is 5.01. The van der Waals surface area contributed by atoms with E-state index >= 15 is 0 Å². The second-order valence-corrected chi connectivity index (χ2v) is 14.5. The van der Waals surface area contributed by atoms with Gasteiger partial charge in [-0.15, -0.1) is 0 Å². The standard InChI is InChI=1S/C21H29N5O3Si/c1-27-20-18(21(24-12-23-20)29-15-6-7-15)16-11-14-5-8-17(22)25-19(14)26(16)13-28-9-10-30(2,3)4/h5,8,11-12,15H,6-7,9-10,13H2,1-4H3,(H2,22,25). The molecule has 8 nitrogen and oxygen atoms in total. The van der Waals surface area contributed by atoms with Gasteiger partial charge in [-0.2, -0.15) is 0 Å². The summed E-state index contributed by atoms with van der Waals surface area (Å²) in [6, 6.07) is 6.87. The molecule has 3 aromatic heterocycles. The molecule has 3 heterocycles. The van der Waals surface area contributed by atoms with Crippen molar-refractivity contribution in [2.45, 2.75) is 51.4 Å². The minimum absolute atomic E-state index is 0.197. The van der Waals surface area contributed by atoms with E-state index in [0.717, 1.165) is 35.6 Å². The van der Waals surface area contributed by atoms with E-state index in [4.69, 9.17) is 19.9 Å². The van der Waals surface area contributed by atoms with Gasteiger partial charge in [0.05, 0.1) is 12.8 Å². The van der Waals surface area contributed by atoms with Gasteiger partial charge in [0.25, 0.3) is 0 Å². The van der Waals surface area contributed by atoms with Crippen molar-refractivity contribution in [3.63, 3.8) is 0 Å². The molecule has 0 bridgehead atoms. The predicted molar refractivity (Wildman–Crippen MR) is 119 cm³/mol. The third kappa shape index (κ3) is 4.57. The average molecular weight is 428 g/mol. The quantitative estimate of drug-likeness (QED) is 0.408. The normalized spacial score (nSPS) is 14.3. The summed E-state index contributed by atoms with van der Waals surface area (Å²) in [7, 11) is 0.413. The number of aromatic nitrogens is 4. The molecule has 0 saturated heterocycles. The van der Waals surface area contributed by atoms with E-state index in [-0.39, 0.29) is 6.10 Å². The van der Waals surface area contributed by atoms with Crippen LogP contribution in [0.2, 0.25) is 25.7 Å². The van der Waals surface area contributed by atoms with Crippen LogP contribution in [-0.4, -0.2) is 47.4 Å². The average Bonchev–Trinajstić information content (AvgIpc) is 3.44. The predicted octanol–water partition coefficient (Wildman–Crippen LogP) is 3.94. The molecule has 0 aliphatic heterocycles. The van der Waals surface area contributed by atoms with Crippen molar-refractivity contribution in [2.24, 2.45) is 0 Å². The Hall–Kier alpha value is -2.65. The van der Waals surface area contributed by atoms with Gasteiger partial charge >= 0.3 is 0 Å². The molecule has 0 radical (unpaired) electrons. The fourth-order valence-corrected chi connectivity index (χ4v) is 3.93. The third-order valence-corrected chi connectivity index (χ3v) is 6.72. The summed E-state index contributed by atoms with van der Waals surface area (Å²) in [5, 5.41) is 0.955. The molecule has 30 heavy (non-hydrogen) atoms. The Morgan fingerprint density at radius 3 is 2.63 bits per heavy atom. The van der Waals surface area contributed by atoms with Crippen LogP contribution >= 0.6 is 0 Å². The molecule has 2 N–H and O–H groups in total. The fourth-order valence-electron chi connectivity index (χ4n) is 3.18. The highest BCUT2D eigenvalue weighted by molar-refractivity contribution is 6.76. The maximum Gasteiger partial charge on any atom is 0.230 e. The summed E-state index contributed by atoms with van der Waals surface area (Å²) < 4.78 is 19.7. The Labute approximate surface area is 177 Å². The minimum Gasteiger partial charge on any atom is -0.480 e. The zero-order valence-corrected chi connectivity index (χ0v) is 19.0. The largest absolute Gasteiger partial charge is 0.480 e. The smallest absolute Gasteiger partial charge is 0.230 e. The van der Waals surface area contributed by atoms with Gasteiger partial charge < -0.3 is 24.5 Å². The fraction of sp³-hybridized carbons (Fsp3) is 0.476. The molecule has 0 unspecified atom stereocenters. The van der Waals surface area contributed by atoms with E-state index in [9.17, 15) is 0 Å². The van der Waals surface area contributed by atoms with E-state index < -0.39 is 8.07 Å². The first-order valence-electron chi connectivity index (χ1n) is 10.3. The molecule has 9 heteroatoms. The first kappa shape index (κ1) is 20.6. The van der Waals surface area contributed by atoms with Gasteiger partial charge in [-0.25, -0.2) is 15.0 Å². The lowest BCUT2D eigenvalue weighted by atomic mass is 10.2. The highest BCUT2D eigenvalue weighted by atomic mass is 28.3. The maximum absolute atomic E-state index is 6.07. The van der Waals surface area contributed by atoms with Crippen LogP contribution in [0.25, 0.3) is 22.3 Å². The number of ether oxygens (including phenoxy) is 3. The molecule has 0 atom stereocenters. The zero-order valence-electron chi connectivity index (χ0n) is 18.0. The van der Waals surface area contributed by atoms with Crippen molar-refractivity contribution in [3.8, 4) is 23.0 Å². The lowest BCUT2D eigenvalue weighted by Crippen LogP contribution is -2.22. The van der Waals surface area contributed by atoms with Crippen molar-refractivity contribution in [3.05, 3.63) is 24.5 Å². The van der Waals surface area contributed by atoms with E-state index in [1.54, 1.807) is 13.2 Å². The van der Waals surface area contributed by atoms with Crippen LogP contribution in [-0.2, 0) is 11.5 Å². The lowest BCUT2D eigenvalue weighted by molar-refractivity contribution is 0.0908. The Morgan fingerprint density at radius 2 is 1.93 bits per heavy atom. The van der Waals surface area contributed by atoms with Crippen molar-refractivity contribution in [2.75, 3.05) is 19.5 Å². The highest BCUT2D eigenvalue weighted by Crippen LogP contribution is 2.40. The van der Waals surface area contributed by atoms with E-state index in [1.807, 2.05) is 16.7 Å². The number of methoxy groups -OCH3 is 1. The number of nitrogens with two attached hydrogens (primary N) is 1. The van der Waals surface area contributed by atoms with Crippen LogP contribution in [0.5, 0.6) is 11.8 Å². The van der Waals surface area contributed by atoms with E-state index in [0.29, 0.717) is 36.5 Å². The Bertz CT molecular complexity index is 1040. The van der Waals surface area contributed by atoms with Gasteiger partial charge in [-0.3, -0.25) is 0 Å². The Morgan fingerprint density at radius 1 is 1.17 bits per heavy atom.